The highest BCUT2D eigenvalue weighted by Crippen LogP contribution is 2.38. The zero-order chi connectivity index (χ0) is 15.0. The monoisotopic (exact) mass is 327 g/mol. The SMILES string of the molecule is COc1cccc(Cc2nnc(S(=O)(=O)Cl)n2C2CC2)c1. The summed E-state index contributed by atoms with van der Waals surface area (Å²) in [6.45, 7) is 0. The van der Waals surface area contributed by atoms with Gasteiger partial charge in [0.25, 0.3) is 14.2 Å². The topological polar surface area (TPSA) is 74.1 Å². The third kappa shape index (κ3) is 3.03. The van der Waals surface area contributed by atoms with Crippen molar-refractivity contribution < 1.29 is 13.2 Å². The van der Waals surface area contributed by atoms with E-state index in [1.165, 1.54) is 0 Å². The lowest BCUT2D eigenvalue weighted by molar-refractivity contribution is 0.414. The van der Waals surface area contributed by atoms with E-state index in [1.54, 1.807) is 11.7 Å². The average molecular weight is 328 g/mol. The van der Waals surface area contributed by atoms with Gasteiger partial charge in [0.15, 0.2) is 0 Å². The molecule has 3 rings (SSSR count). The van der Waals surface area contributed by atoms with Gasteiger partial charge in [-0.1, -0.05) is 12.1 Å². The van der Waals surface area contributed by atoms with Gasteiger partial charge in [-0.3, -0.25) is 4.57 Å². The molecule has 0 bridgehead atoms. The van der Waals surface area contributed by atoms with Crippen molar-refractivity contribution in [2.24, 2.45) is 0 Å². The summed E-state index contributed by atoms with van der Waals surface area (Å²) in [5, 5.41) is 7.59. The van der Waals surface area contributed by atoms with Crippen LogP contribution in [-0.2, 0) is 15.5 Å². The number of halogens is 1. The lowest BCUT2D eigenvalue weighted by atomic mass is 10.1. The molecule has 0 spiro atoms. The van der Waals surface area contributed by atoms with E-state index >= 15 is 0 Å². The van der Waals surface area contributed by atoms with E-state index in [2.05, 4.69) is 10.2 Å². The second kappa shape index (κ2) is 5.31. The van der Waals surface area contributed by atoms with Crippen LogP contribution in [0.2, 0.25) is 0 Å². The third-order valence-electron chi connectivity index (χ3n) is 3.36. The first kappa shape index (κ1) is 14.3. The Kier molecular flexibility index (Phi) is 3.62. The Morgan fingerprint density at radius 1 is 1.38 bits per heavy atom. The Balaban J connectivity index is 1.97. The summed E-state index contributed by atoms with van der Waals surface area (Å²) in [5.41, 5.74) is 0.974. The highest BCUT2D eigenvalue weighted by Gasteiger charge is 2.33. The molecular weight excluding hydrogens is 314 g/mol. The maximum Gasteiger partial charge on any atom is 0.296 e. The third-order valence-corrected chi connectivity index (χ3v) is 4.49. The number of aromatic nitrogens is 3. The summed E-state index contributed by atoms with van der Waals surface area (Å²) in [5.74, 6) is 1.35. The summed E-state index contributed by atoms with van der Waals surface area (Å²) in [6, 6.07) is 7.68. The zero-order valence-corrected chi connectivity index (χ0v) is 12.9. The van der Waals surface area contributed by atoms with Gasteiger partial charge in [0.1, 0.15) is 11.6 Å². The predicted molar refractivity (Wildman–Crippen MR) is 77.1 cm³/mol. The predicted octanol–water partition coefficient (Wildman–Crippen LogP) is 2.14. The maximum atomic E-state index is 11.6. The van der Waals surface area contributed by atoms with Gasteiger partial charge >= 0.3 is 0 Å². The molecule has 1 aromatic carbocycles. The van der Waals surface area contributed by atoms with Gasteiger partial charge in [0.2, 0.25) is 0 Å². The van der Waals surface area contributed by atoms with Crippen molar-refractivity contribution in [3.63, 3.8) is 0 Å². The molecule has 0 saturated heterocycles. The highest BCUT2D eigenvalue weighted by molar-refractivity contribution is 8.13. The van der Waals surface area contributed by atoms with Crippen LogP contribution in [0, 0.1) is 0 Å². The maximum absolute atomic E-state index is 11.6. The highest BCUT2D eigenvalue weighted by atomic mass is 35.7. The van der Waals surface area contributed by atoms with Crippen LogP contribution in [0.5, 0.6) is 5.75 Å². The molecule has 112 valence electrons. The van der Waals surface area contributed by atoms with Gasteiger partial charge < -0.3 is 4.74 Å². The molecule has 0 atom stereocenters. The summed E-state index contributed by atoms with van der Waals surface area (Å²) in [7, 11) is 3.14. The summed E-state index contributed by atoms with van der Waals surface area (Å²) < 4.78 is 30.0. The van der Waals surface area contributed by atoms with Crippen molar-refractivity contribution in [1.82, 2.24) is 14.8 Å². The number of rotatable bonds is 5. The van der Waals surface area contributed by atoms with E-state index in [-0.39, 0.29) is 11.2 Å². The Morgan fingerprint density at radius 3 is 2.76 bits per heavy atom. The Labute approximate surface area is 127 Å². The van der Waals surface area contributed by atoms with Gasteiger partial charge in [0, 0.05) is 23.1 Å². The van der Waals surface area contributed by atoms with Gasteiger partial charge in [-0.25, -0.2) is 8.42 Å². The lowest BCUT2D eigenvalue weighted by Gasteiger charge is -2.08. The average Bonchev–Trinajstić information content (AvgIpc) is 3.19. The van der Waals surface area contributed by atoms with Gasteiger partial charge in [-0.05, 0) is 30.5 Å². The molecule has 6 nitrogen and oxygen atoms in total. The molecule has 0 aliphatic heterocycles. The van der Waals surface area contributed by atoms with Crippen molar-refractivity contribution >= 4 is 19.7 Å². The van der Waals surface area contributed by atoms with E-state index in [0.29, 0.717) is 12.2 Å². The number of hydrogen-bond acceptors (Lipinski definition) is 5. The lowest BCUT2D eigenvalue weighted by Crippen LogP contribution is -2.08. The number of nitrogens with zero attached hydrogens (tertiary/aromatic N) is 3. The van der Waals surface area contributed by atoms with Crippen molar-refractivity contribution in [3.05, 3.63) is 35.7 Å². The van der Waals surface area contributed by atoms with E-state index < -0.39 is 9.05 Å². The molecule has 1 aliphatic carbocycles. The first-order valence-corrected chi connectivity index (χ1v) is 8.81. The van der Waals surface area contributed by atoms with Gasteiger partial charge in [-0.15, -0.1) is 10.2 Å². The molecule has 0 unspecified atom stereocenters. The minimum absolute atomic E-state index is 0.129. The number of methoxy groups -OCH3 is 1. The molecule has 0 N–H and O–H groups in total. The molecule has 2 aromatic rings. The van der Waals surface area contributed by atoms with Crippen molar-refractivity contribution in [1.29, 1.82) is 0 Å². The number of ether oxygens (including phenoxy) is 1. The molecule has 8 heteroatoms. The fourth-order valence-electron chi connectivity index (χ4n) is 2.26. The molecule has 1 aliphatic rings. The summed E-state index contributed by atoms with van der Waals surface area (Å²) in [4.78, 5) is 0. The fourth-order valence-corrected chi connectivity index (χ4v) is 3.20. The van der Waals surface area contributed by atoms with Crippen molar-refractivity contribution in [2.45, 2.75) is 30.5 Å². The smallest absolute Gasteiger partial charge is 0.296 e. The second-order valence-electron chi connectivity index (χ2n) is 4.97. The van der Waals surface area contributed by atoms with E-state index in [9.17, 15) is 8.42 Å². The molecule has 1 saturated carbocycles. The van der Waals surface area contributed by atoms with Crippen molar-refractivity contribution in [3.8, 4) is 5.75 Å². The van der Waals surface area contributed by atoms with E-state index in [1.807, 2.05) is 24.3 Å². The van der Waals surface area contributed by atoms with Crippen LogP contribution in [-0.4, -0.2) is 30.3 Å². The van der Waals surface area contributed by atoms with E-state index in [0.717, 1.165) is 24.2 Å². The Hall–Kier alpha value is -1.60. The van der Waals surface area contributed by atoms with Crippen LogP contribution in [0.1, 0.15) is 30.3 Å². The van der Waals surface area contributed by atoms with Crippen LogP contribution < -0.4 is 4.74 Å². The Morgan fingerprint density at radius 2 is 2.14 bits per heavy atom. The van der Waals surface area contributed by atoms with Crippen molar-refractivity contribution in [2.75, 3.05) is 7.11 Å². The molecule has 21 heavy (non-hydrogen) atoms. The zero-order valence-electron chi connectivity index (χ0n) is 11.4. The van der Waals surface area contributed by atoms with Crippen LogP contribution in [0.3, 0.4) is 0 Å². The van der Waals surface area contributed by atoms with Crippen LogP contribution in [0.25, 0.3) is 0 Å². The molecule has 1 aromatic heterocycles. The summed E-state index contributed by atoms with van der Waals surface area (Å²) >= 11 is 0. The quantitative estimate of drug-likeness (QED) is 0.787. The Bertz CT molecular complexity index is 769. The molecule has 1 heterocycles. The minimum Gasteiger partial charge on any atom is -0.497 e. The minimum atomic E-state index is -3.89. The first-order valence-electron chi connectivity index (χ1n) is 6.50. The van der Waals surface area contributed by atoms with Crippen LogP contribution >= 0.6 is 10.7 Å². The molecular formula is C13H14ClN3O3S. The molecule has 0 amide bonds. The van der Waals surface area contributed by atoms with Crippen LogP contribution in [0.15, 0.2) is 29.4 Å². The molecule has 0 radical (unpaired) electrons. The standard InChI is InChI=1S/C13H14ClN3O3S/c1-20-11-4-2-3-9(7-11)8-12-15-16-13(21(14,18)19)17(12)10-5-6-10/h2-4,7,10H,5-6,8H2,1H3. The van der Waals surface area contributed by atoms with Crippen LogP contribution in [0.4, 0.5) is 0 Å². The largest absolute Gasteiger partial charge is 0.497 e. The number of benzene rings is 1. The second-order valence-corrected chi connectivity index (χ2v) is 7.43. The number of hydrogen-bond donors (Lipinski definition) is 0. The normalized spacial score (nSPS) is 15.1. The van der Waals surface area contributed by atoms with E-state index in [4.69, 9.17) is 15.4 Å². The van der Waals surface area contributed by atoms with Gasteiger partial charge in [0.05, 0.1) is 7.11 Å². The first-order chi connectivity index (χ1) is 9.99. The van der Waals surface area contributed by atoms with Gasteiger partial charge in [-0.2, -0.15) is 0 Å². The summed E-state index contributed by atoms with van der Waals surface area (Å²) in [6.07, 6.45) is 2.32. The fraction of sp³-hybridized carbons (Fsp3) is 0.385. The molecule has 1 fully saturated rings.